The fraction of sp³-hybridized carbons (Fsp3) is 0.0833. The maximum absolute atomic E-state index is 13.7. The smallest absolute Gasteiger partial charge is 0.247 e. The van der Waals surface area contributed by atoms with E-state index < -0.39 is 11.6 Å². The van der Waals surface area contributed by atoms with Crippen LogP contribution in [0.2, 0.25) is 0 Å². The second-order valence-electron chi connectivity index (χ2n) is 3.41. The van der Waals surface area contributed by atoms with Crippen molar-refractivity contribution in [3.05, 3.63) is 52.5 Å². The number of hydrogen-bond donors (Lipinski definition) is 1. The average molecular weight is 237 g/mol. The molecule has 2 rings (SSSR count). The predicted octanol–water partition coefficient (Wildman–Crippen LogP) is 2.33. The lowest BCUT2D eigenvalue weighted by Gasteiger charge is -2.07. The van der Waals surface area contributed by atoms with Crippen molar-refractivity contribution in [1.82, 2.24) is 4.98 Å². The molecule has 0 atom stereocenters. The first-order valence-electron chi connectivity index (χ1n) is 4.84. The summed E-state index contributed by atoms with van der Waals surface area (Å²) in [4.78, 5) is 13.2. The van der Waals surface area contributed by atoms with Gasteiger partial charge in [-0.1, -0.05) is 0 Å². The van der Waals surface area contributed by atoms with E-state index in [4.69, 9.17) is 4.74 Å². The van der Waals surface area contributed by atoms with Crippen molar-refractivity contribution in [1.29, 1.82) is 0 Å². The van der Waals surface area contributed by atoms with Gasteiger partial charge in [0.2, 0.25) is 5.56 Å². The summed E-state index contributed by atoms with van der Waals surface area (Å²) >= 11 is 0. The molecular weight excluding hydrogens is 228 g/mol. The van der Waals surface area contributed by atoms with Gasteiger partial charge in [-0.05, 0) is 6.07 Å². The molecule has 1 heterocycles. The summed E-state index contributed by atoms with van der Waals surface area (Å²) in [6, 6.07) is 4.73. The molecular formula is C12H9F2NO2. The molecule has 88 valence electrons. The third-order valence-electron chi connectivity index (χ3n) is 2.32. The normalized spacial score (nSPS) is 10.3. The zero-order valence-electron chi connectivity index (χ0n) is 8.96. The van der Waals surface area contributed by atoms with Crippen molar-refractivity contribution in [2.24, 2.45) is 0 Å². The minimum Gasteiger partial charge on any atom is -0.497 e. The van der Waals surface area contributed by atoms with Crippen LogP contribution in [0.4, 0.5) is 8.78 Å². The van der Waals surface area contributed by atoms with E-state index in [0.29, 0.717) is 0 Å². The van der Waals surface area contributed by atoms with E-state index in [-0.39, 0.29) is 22.4 Å². The molecule has 0 fully saturated rings. The Balaban J connectivity index is 2.59. The van der Waals surface area contributed by atoms with Crippen LogP contribution in [-0.2, 0) is 0 Å². The molecule has 1 aromatic carbocycles. The van der Waals surface area contributed by atoms with Crippen molar-refractivity contribution >= 4 is 0 Å². The molecule has 0 unspecified atom stereocenters. The Kier molecular flexibility index (Phi) is 2.91. The van der Waals surface area contributed by atoms with Gasteiger partial charge in [0.05, 0.1) is 12.7 Å². The Morgan fingerprint density at radius 2 is 1.82 bits per heavy atom. The Bertz CT molecular complexity index is 564. The SMILES string of the molecule is COc1cc(F)c(-c2ccc(=O)[nH]c2)c(F)c1. The van der Waals surface area contributed by atoms with E-state index in [1.807, 2.05) is 0 Å². The highest BCUT2D eigenvalue weighted by Crippen LogP contribution is 2.28. The molecule has 0 saturated heterocycles. The number of aromatic nitrogens is 1. The van der Waals surface area contributed by atoms with Crippen LogP contribution >= 0.6 is 0 Å². The highest BCUT2D eigenvalue weighted by Gasteiger charge is 2.13. The molecule has 0 spiro atoms. The van der Waals surface area contributed by atoms with Gasteiger partial charge in [0.25, 0.3) is 0 Å². The van der Waals surface area contributed by atoms with E-state index in [0.717, 1.165) is 12.1 Å². The highest BCUT2D eigenvalue weighted by atomic mass is 19.1. The number of methoxy groups -OCH3 is 1. The first kappa shape index (κ1) is 11.3. The minimum atomic E-state index is -0.742. The first-order valence-corrected chi connectivity index (χ1v) is 4.84. The van der Waals surface area contributed by atoms with E-state index in [1.165, 1.54) is 25.4 Å². The standard InChI is InChI=1S/C12H9F2NO2/c1-17-8-4-9(13)12(10(14)5-8)7-2-3-11(16)15-6-7/h2-6H,1H3,(H,15,16). The van der Waals surface area contributed by atoms with Gasteiger partial charge in [-0.15, -0.1) is 0 Å². The molecule has 2 aromatic rings. The second-order valence-corrected chi connectivity index (χ2v) is 3.41. The number of rotatable bonds is 2. The Hall–Kier alpha value is -2.17. The Morgan fingerprint density at radius 1 is 1.18 bits per heavy atom. The zero-order valence-corrected chi connectivity index (χ0v) is 8.96. The van der Waals surface area contributed by atoms with Gasteiger partial charge in [0.15, 0.2) is 0 Å². The van der Waals surface area contributed by atoms with Gasteiger partial charge in [-0.2, -0.15) is 0 Å². The maximum Gasteiger partial charge on any atom is 0.247 e. The number of aromatic amines is 1. The molecule has 3 nitrogen and oxygen atoms in total. The fourth-order valence-corrected chi connectivity index (χ4v) is 1.51. The molecule has 0 aliphatic rings. The summed E-state index contributed by atoms with van der Waals surface area (Å²) < 4.78 is 32.1. The van der Waals surface area contributed by atoms with E-state index >= 15 is 0 Å². The summed E-state index contributed by atoms with van der Waals surface area (Å²) in [6.45, 7) is 0. The number of pyridine rings is 1. The fourth-order valence-electron chi connectivity index (χ4n) is 1.51. The Morgan fingerprint density at radius 3 is 2.29 bits per heavy atom. The van der Waals surface area contributed by atoms with Crippen LogP contribution in [0, 0.1) is 11.6 Å². The number of ether oxygens (including phenoxy) is 1. The van der Waals surface area contributed by atoms with Crippen molar-refractivity contribution in [2.45, 2.75) is 0 Å². The van der Waals surface area contributed by atoms with E-state index in [2.05, 4.69) is 4.98 Å². The largest absolute Gasteiger partial charge is 0.497 e. The van der Waals surface area contributed by atoms with Crippen molar-refractivity contribution < 1.29 is 13.5 Å². The van der Waals surface area contributed by atoms with Gasteiger partial charge in [0.1, 0.15) is 17.4 Å². The number of benzene rings is 1. The summed E-state index contributed by atoms with van der Waals surface area (Å²) in [5, 5.41) is 0. The third kappa shape index (κ3) is 2.18. The number of nitrogens with one attached hydrogen (secondary N) is 1. The average Bonchev–Trinajstić information content (AvgIpc) is 2.30. The predicted molar refractivity (Wildman–Crippen MR) is 59.0 cm³/mol. The van der Waals surface area contributed by atoms with Gasteiger partial charge in [-0.25, -0.2) is 8.78 Å². The van der Waals surface area contributed by atoms with Gasteiger partial charge >= 0.3 is 0 Å². The summed E-state index contributed by atoms with van der Waals surface area (Å²) in [5.74, 6) is -1.38. The molecule has 0 saturated carbocycles. The number of halogens is 2. The van der Waals surface area contributed by atoms with E-state index in [9.17, 15) is 13.6 Å². The lowest BCUT2D eigenvalue weighted by atomic mass is 10.1. The molecule has 0 aliphatic heterocycles. The lowest BCUT2D eigenvalue weighted by Crippen LogP contribution is -2.02. The molecule has 0 radical (unpaired) electrons. The molecule has 0 bridgehead atoms. The van der Waals surface area contributed by atoms with Gasteiger partial charge in [0, 0.05) is 30.0 Å². The summed E-state index contributed by atoms with van der Waals surface area (Å²) in [5.41, 5.74) is -0.257. The van der Waals surface area contributed by atoms with Crippen LogP contribution in [0.5, 0.6) is 5.75 Å². The van der Waals surface area contributed by atoms with Gasteiger partial charge in [-0.3, -0.25) is 4.79 Å². The molecule has 1 aromatic heterocycles. The zero-order chi connectivity index (χ0) is 12.4. The second kappa shape index (κ2) is 4.37. The molecule has 0 aliphatic carbocycles. The van der Waals surface area contributed by atoms with Gasteiger partial charge < -0.3 is 9.72 Å². The van der Waals surface area contributed by atoms with Crippen LogP contribution in [-0.4, -0.2) is 12.1 Å². The molecule has 17 heavy (non-hydrogen) atoms. The maximum atomic E-state index is 13.7. The molecule has 0 amide bonds. The Labute approximate surface area is 95.7 Å². The summed E-state index contributed by atoms with van der Waals surface area (Å²) in [7, 11) is 1.33. The molecule has 1 N–H and O–H groups in total. The van der Waals surface area contributed by atoms with Crippen molar-refractivity contribution in [3.63, 3.8) is 0 Å². The number of H-pyrrole nitrogens is 1. The summed E-state index contributed by atoms with van der Waals surface area (Å²) in [6.07, 6.45) is 1.26. The quantitative estimate of drug-likeness (QED) is 0.870. The molecule has 5 heteroatoms. The van der Waals surface area contributed by atoms with E-state index in [1.54, 1.807) is 0 Å². The van der Waals surface area contributed by atoms with Crippen LogP contribution in [0.3, 0.4) is 0 Å². The van der Waals surface area contributed by atoms with Crippen LogP contribution in [0.1, 0.15) is 0 Å². The monoisotopic (exact) mass is 237 g/mol. The minimum absolute atomic E-state index is 0.105. The van der Waals surface area contributed by atoms with Crippen molar-refractivity contribution in [2.75, 3.05) is 7.11 Å². The third-order valence-corrected chi connectivity index (χ3v) is 2.32. The van der Waals surface area contributed by atoms with Crippen LogP contribution < -0.4 is 10.3 Å². The lowest BCUT2D eigenvalue weighted by molar-refractivity contribution is 0.407. The highest BCUT2D eigenvalue weighted by molar-refractivity contribution is 5.64. The first-order chi connectivity index (χ1) is 8.11. The van der Waals surface area contributed by atoms with Crippen molar-refractivity contribution in [3.8, 4) is 16.9 Å². The number of hydrogen-bond acceptors (Lipinski definition) is 2. The van der Waals surface area contributed by atoms with Crippen LogP contribution in [0.25, 0.3) is 11.1 Å². The topological polar surface area (TPSA) is 42.1 Å². The van der Waals surface area contributed by atoms with Crippen LogP contribution in [0.15, 0.2) is 35.3 Å².